The molecule has 0 radical (unpaired) electrons. The Morgan fingerprint density at radius 1 is 1.00 bits per heavy atom. The second-order valence-corrected chi connectivity index (χ2v) is 8.64. The molecule has 4 rings (SSSR count). The van der Waals surface area contributed by atoms with E-state index in [0.717, 1.165) is 36.9 Å². The van der Waals surface area contributed by atoms with Crippen LogP contribution in [0.4, 0.5) is 0 Å². The Morgan fingerprint density at radius 3 is 2.43 bits per heavy atom. The Kier molecular flexibility index (Phi) is 4.95. The zero-order valence-corrected chi connectivity index (χ0v) is 14.5. The molecule has 2 bridgehead atoms. The minimum Gasteiger partial charge on any atom is -0.313 e. The Hall–Kier alpha value is -0.0800. The van der Waals surface area contributed by atoms with Gasteiger partial charge in [-0.25, -0.2) is 0 Å². The highest BCUT2D eigenvalue weighted by Crippen LogP contribution is 2.58. The Morgan fingerprint density at radius 2 is 1.76 bits per heavy atom. The summed E-state index contributed by atoms with van der Waals surface area (Å²) in [5.41, 5.74) is 0.610. The fourth-order valence-corrected chi connectivity index (χ4v) is 5.41. The summed E-state index contributed by atoms with van der Waals surface area (Å²) in [6.07, 6.45) is 11.6. The number of nitrogens with one attached hydrogen (secondary N) is 2. The third kappa shape index (κ3) is 3.32. The van der Waals surface area contributed by atoms with E-state index in [4.69, 9.17) is 0 Å². The van der Waals surface area contributed by atoms with E-state index >= 15 is 0 Å². The fourth-order valence-electron chi connectivity index (χ4n) is 5.41. The number of rotatable bonds is 6. The molecule has 21 heavy (non-hydrogen) atoms. The molecule has 0 unspecified atom stereocenters. The Balaban J connectivity index is 1.33. The van der Waals surface area contributed by atoms with E-state index in [1.54, 1.807) is 0 Å². The first-order valence-electron chi connectivity index (χ1n) is 9.56. The van der Waals surface area contributed by atoms with Crippen molar-refractivity contribution in [3.63, 3.8) is 0 Å². The summed E-state index contributed by atoms with van der Waals surface area (Å²) < 4.78 is 0. The van der Waals surface area contributed by atoms with Gasteiger partial charge in [-0.05, 0) is 62.2 Å². The molecule has 0 aromatic heterocycles. The molecule has 0 amide bonds. The van der Waals surface area contributed by atoms with Crippen LogP contribution in [-0.4, -0.2) is 25.2 Å². The van der Waals surface area contributed by atoms with Crippen molar-refractivity contribution < 1.29 is 0 Å². The highest BCUT2D eigenvalue weighted by molar-refractivity contribution is 5.05. The average Bonchev–Trinajstić information content (AvgIpc) is 2.52. The molecule has 122 valence electrons. The average molecular weight is 293 g/mol. The molecule has 0 aliphatic heterocycles. The van der Waals surface area contributed by atoms with Crippen molar-refractivity contribution in [3.05, 3.63) is 0 Å². The van der Waals surface area contributed by atoms with Gasteiger partial charge in [0, 0.05) is 25.2 Å². The van der Waals surface area contributed by atoms with Gasteiger partial charge in [-0.15, -0.1) is 0 Å². The van der Waals surface area contributed by atoms with E-state index < -0.39 is 0 Å². The third-order valence-corrected chi connectivity index (χ3v) is 7.21. The highest BCUT2D eigenvalue weighted by Gasteiger charge is 2.53. The van der Waals surface area contributed by atoms with Crippen LogP contribution >= 0.6 is 0 Å². The molecule has 0 aromatic rings. The van der Waals surface area contributed by atoms with Crippen LogP contribution in [0.5, 0.6) is 0 Å². The molecular formula is C19H36N2. The fraction of sp³-hybridized carbons (Fsp3) is 1.00. The monoisotopic (exact) mass is 292 g/mol. The normalized spacial score (nSPS) is 37.0. The van der Waals surface area contributed by atoms with E-state index in [1.165, 1.54) is 51.4 Å². The van der Waals surface area contributed by atoms with Gasteiger partial charge in [-0.3, -0.25) is 0 Å². The maximum atomic E-state index is 3.86. The van der Waals surface area contributed by atoms with Crippen LogP contribution in [0.25, 0.3) is 0 Å². The van der Waals surface area contributed by atoms with E-state index in [9.17, 15) is 0 Å². The van der Waals surface area contributed by atoms with E-state index in [1.807, 2.05) is 0 Å². The van der Waals surface area contributed by atoms with Gasteiger partial charge in [0.1, 0.15) is 0 Å². The molecule has 0 aromatic carbocycles. The maximum absolute atomic E-state index is 3.86. The van der Waals surface area contributed by atoms with Crippen LogP contribution in [0.1, 0.15) is 72.1 Å². The molecule has 2 nitrogen and oxygen atoms in total. The first-order chi connectivity index (χ1) is 10.1. The van der Waals surface area contributed by atoms with Gasteiger partial charge in [-0.1, -0.05) is 33.1 Å². The Labute approximate surface area is 131 Å². The van der Waals surface area contributed by atoms with E-state index in [0.29, 0.717) is 11.5 Å². The quantitative estimate of drug-likeness (QED) is 0.724. The largest absolute Gasteiger partial charge is 0.313 e. The lowest BCUT2D eigenvalue weighted by Crippen LogP contribution is -2.59. The summed E-state index contributed by atoms with van der Waals surface area (Å²) in [6, 6.07) is 1.50. The lowest BCUT2D eigenvalue weighted by Gasteiger charge is -2.60. The molecular weight excluding hydrogens is 256 g/mol. The van der Waals surface area contributed by atoms with Crippen LogP contribution in [0.15, 0.2) is 0 Å². The van der Waals surface area contributed by atoms with Crippen molar-refractivity contribution in [1.29, 1.82) is 0 Å². The number of hydrogen-bond donors (Lipinski definition) is 2. The van der Waals surface area contributed by atoms with Crippen LogP contribution < -0.4 is 10.6 Å². The predicted molar refractivity (Wildman–Crippen MR) is 90.4 cm³/mol. The van der Waals surface area contributed by atoms with Gasteiger partial charge in [0.2, 0.25) is 0 Å². The third-order valence-electron chi connectivity index (χ3n) is 7.21. The van der Waals surface area contributed by atoms with Crippen LogP contribution in [0.2, 0.25) is 0 Å². The van der Waals surface area contributed by atoms with Gasteiger partial charge >= 0.3 is 0 Å². The zero-order chi connectivity index (χ0) is 14.9. The summed E-state index contributed by atoms with van der Waals surface area (Å²) >= 11 is 0. The predicted octanol–water partition coefficient (Wildman–Crippen LogP) is 3.96. The van der Waals surface area contributed by atoms with Crippen LogP contribution in [0.3, 0.4) is 0 Å². The van der Waals surface area contributed by atoms with Crippen molar-refractivity contribution in [2.75, 3.05) is 13.1 Å². The van der Waals surface area contributed by atoms with Gasteiger partial charge in [0.05, 0.1) is 0 Å². The lowest BCUT2D eigenvalue weighted by molar-refractivity contribution is -0.0866. The molecule has 4 atom stereocenters. The molecule has 4 aliphatic rings. The van der Waals surface area contributed by atoms with Gasteiger partial charge in [0.15, 0.2) is 0 Å². The van der Waals surface area contributed by atoms with Crippen molar-refractivity contribution in [2.24, 2.45) is 23.2 Å². The van der Waals surface area contributed by atoms with Crippen molar-refractivity contribution >= 4 is 0 Å². The van der Waals surface area contributed by atoms with E-state index in [2.05, 4.69) is 31.4 Å². The van der Waals surface area contributed by atoms with Crippen molar-refractivity contribution in [1.82, 2.24) is 10.6 Å². The molecule has 4 saturated carbocycles. The summed E-state index contributed by atoms with van der Waals surface area (Å²) in [5.74, 6) is 2.89. The maximum Gasteiger partial charge on any atom is 0.0101 e. The zero-order valence-electron chi connectivity index (χ0n) is 14.5. The van der Waals surface area contributed by atoms with Gasteiger partial charge < -0.3 is 10.6 Å². The molecule has 4 fully saturated rings. The summed E-state index contributed by atoms with van der Waals surface area (Å²) in [6.45, 7) is 9.67. The molecule has 0 spiro atoms. The molecule has 4 aliphatic carbocycles. The standard InChI is InChI=1S/C19H36N2/c1-14(15-7-5-4-6-8-15)20-11-12-21-18-10-9-16-13-17(18)19(16,2)3/h14-18,20-21H,4-13H2,1-3H3/t14-,16-,17-,18+/m0/s1. The molecule has 0 saturated heterocycles. The van der Waals surface area contributed by atoms with Gasteiger partial charge in [0.25, 0.3) is 0 Å². The van der Waals surface area contributed by atoms with E-state index in [-0.39, 0.29) is 0 Å². The second kappa shape index (κ2) is 6.58. The topological polar surface area (TPSA) is 24.1 Å². The minimum absolute atomic E-state index is 0.610. The van der Waals surface area contributed by atoms with Crippen molar-refractivity contribution in [3.8, 4) is 0 Å². The number of fused-ring (bicyclic) bond motifs is 2. The summed E-state index contributed by atoms with van der Waals surface area (Å²) in [4.78, 5) is 0. The highest BCUT2D eigenvalue weighted by atomic mass is 15.0. The minimum atomic E-state index is 0.610. The second-order valence-electron chi connectivity index (χ2n) is 8.64. The van der Waals surface area contributed by atoms with Crippen LogP contribution in [0, 0.1) is 23.2 Å². The van der Waals surface area contributed by atoms with Crippen molar-refractivity contribution in [2.45, 2.75) is 84.2 Å². The van der Waals surface area contributed by atoms with Crippen LogP contribution in [-0.2, 0) is 0 Å². The summed E-state index contributed by atoms with van der Waals surface area (Å²) in [5, 5.41) is 7.64. The molecule has 2 heteroatoms. The number of hydrogen-bond acceptors (Lipinski definition) is 2. The smallest absolute Gasteiger partial charge is 0.0101 e. The Bertz CT molecular complexity index is 330. The SMILES string of the molecule is C[C@H](NCCN[C@@H]1CC[C@H]2C[C@@H]1C2(C)C)C1CCCCC1. The first kappa shape index (κ1) is 15.8. The first-order valence-corrected chi connectivity index (χ1v) is 9.56. The van der Waals surface area contributed by atoms with Gasteiger partial charge in [-0.2, -0.15) is 0 Å². The molecule has 2 N–H and O–H groups in total. The lowest BCUT2D eigenvalue weighted by atomic mass is 9.47. The molecule has 0 heterocycles. The summed E-state index contributed by atoms with van der Waals surface area (Å²) in [7, 11) is 0.